The van der Waals surface area contributed by atoms with Gasteiger partial charge in [0.1, 0.15) is 5.75 Å². The van der Waals surface area contributed by atoms with Gasteiger partial charge in [-0.3, -0.25) is 0 Å². The first-order valence-corrected chi connectivity index (χ1v) is 9.28. The number of phenolic OH excluding ortho intramolecular Hbond substituents is 1. The molecule has 2 rings (SSSR count). The van der Waals surface area contributed by atoms with E-state index in [2.05, 4.69) is 5.73 Å². The van der Waals surface area contributed by atoms with Crippen LogP contribution in [-0.4, -0.2) is 28.0 Å². The van der Waals surface area contributed by atoms with Gasteiger partial charge in [0.15, 0.2) is 0 Å². The summed E-state index contributed by atoms with van der Waals surface area (Å²) in [5.74, 6) is 0.179. The van der Waals surface area contributed by atoms with E-state index in [1.165, 1.54) is 0 Å². The Morgan fingerprint density at radius 1 is 1.07 bits per heavy atom. The van der Waals surface area contributed by atoms with Crippen molar-refractivity contribution >= 4 is 0 Å². The van der Waals surface area contributed by atoms with Crippen molar-refractivity contribution in [2.24, 2.45) is 0 Å². The number of aliphatic hydroxyl groups excluding tert-OH is 2. The van der Waals surface area contributed by atoms with Crippen molar-refractivity contribution in [3.8, 4) is 5.75 Å². The Hall–Kier alpha value is -2.36. The maximum absolute atomic E-state index is 10.2. The average Bonchev–Trinajstić information content (AvgIpc) is 2.68. The van der Waals surface area contributed by atoms with Gasteiger partial charge in [0.2, 0.25) is 0 Å². The van der Waals surface area contributed by atoms with Crippen LogP contribution < -0.4 is 0 Å². The predicted molar refractivity (Wildman–Crippen MR) is 106 cm³/mol. The summed E-state index contributed by atoms with van der Waals surface area (Å²) in [6.45, 7) is 2.78. The second kappa shape index (κ2) is 11.4. The number of rotatable bonds is 10. The van der Waals surface area contributed by atoms with Crippen molar-refractivity contribution in [1.82, 2.24) is 0 Å². The molecule has 2 aromatic carbocycles. The molecule has 3 N–H and O–H groups in total. The third-order valence-corrected chi connectivity index (χ3v) is 4.26. The summed E-state index contributed by atoms with van der Waals surface area (Å²) in [5, 5.41) is 29.6. The summed E-state index contributed by atoms with van der Waals surface area (Å²) in [6.07, 6.45) is 2.28. The van der Waals surface area contributed by atoms with Gasteiger partial charge in [0.05, 0.1) is 25.4 Å². The van der Waals surface area contributed by atoms with Crippen molar-refractivity contribution in [3.05, 3.63) is 83.1 Å². The number of hydrogen-bond donors (Lipinski definition) is 3. The largest absolute Gasteiger partial charge is 0.508 e. The summed E-state index contributed by atoms with van der Waals surface area (Å²) in [6, 6.07) is 16.4. The van der Waals surface area contributed by atoms with Gasteiger partial charge in [0.25, 0.3) is 0 Å². The molecule has 0 radical (unpaired) electrons. The number of hydrogen-bond acceptors (Lipinski definition) is 4. The summed E-state index contributed by atoms with van der Waals surface area (Å²) >= 11 is 0. The normalized spacial score (nSPS) is 12.9. The third-order valence-electron chi connectivity index (χ3n) is 4.26. The molecule has 4 heteroatoms. The van der Waals surface area contributed by atoms with Crippen LogP contribution in [0.25, 0.3) is 0 Å². The van der Waals surface area contributed by atoms with E-state index in [9.17, 15) is 15.3 Å². The highest BCUT2D eigenvalue weighted by atomic mass is 16.5. The predicted octanol–water partition coefficient (Wildman–Crippen LogP) is 4.28. The van der Waals surface area contributed by atoms with E-state index in [4.69, 9.17) is 4.74 Å². The quantitative estimate of drug-likeness (QED) is 0.548. The van der Waals surface area contributed by atoms with Gasteiger partial charge in [-0.15, -0.1) is 5.73 Å². The topological polar surface area (TPSA) is 69.9 Å². The SMILES string of the molecule is CCC(=C=CC[C@@H](O)c1ccc(O)cc1)C[C@@H](O)COCc1ccccc1. The minimum absolute atomic E-state index is 0.179. The molecule has 0 bridgehead atoms. The molecule has 0 saturated heterocycles. The molecule has 0 aliphatic carbocycles. The van der Waals surface area contributed by atoms with Crippen LogP contribution in [0.3, 0.4) is 0 Å². The second-order valence-corrected chi connectivity index (χ2v) is 6.51. The van der Waals surface area contributed by atoms with Crippen LogP contribution in [0.4, 0.5) is 0 Å². The molecule has 0 saturated carbocycles. The Bertz CT molecular complexity index is 731. The fourth-order valence-corrected chi connectivity index (χ4v) is 2.68. The molecule has 0 heterocycles. The molecule has 0 unspecified atom stereocenters. The van der Waals surface area contributed by atoms with E-state index in [-0.39, 0.29) is 12.4 Å². The highest BCUT2D eigenvalue weighted by molar-refractivity contribution is 5.27. The van der Waals surface area contributed by atoms with Gasteiger partial charge in [-0.25, -0.2) is 0 Å². The minimum Gasteiger partial charge on any atom is -0.508 e. The van der Waals surface area contributed by atoms with E-state index in [1.807, 2.05) is 37.3 Å². The first kappa shape index (κ1) is 20.9. The first-order chi connectivity index (χ1) is 13.1. The maximum Gasteiger partial charge on any atom is 0.115 e. The monoisotopic (exact) mass is 368 g/mol. The molecule has 0 amide bonds. The lowest BCUT2D eigenvalue weighted by atomic mass is 10.0. The Kier molecular flexibility index (Phi) is 8.82. The van der Waals surface area contributed by atoms with E-state index >= 15 is 0 Å². The lowest BCUT2D eigenvalue weighted by Gasteiger charge is -2.12. The fraction of sp³-hybridized carbons (Fsp3) is 0.348. The zero-order valence-corrected chi connectivity index (χ0v) is 15.7. The molecular weight excluding hydrogens is 340 g/mol. The summed E-state index contributed by atoms with van der Waals surface area (Å²) in [5.41, 5.74) is 6.01. The molecule has 144 valence electrons. The smallest absolute Gasteiger partial charge is 0.115 e. The number of aliphatic hydroxyl groups is 2. The summed E-state index contributed by atoms with van der Waals surface area (Å²) in [7, 11) is 0. The van der Waals surface area contributed by atoms with Crippen LogP contribution in [0.15, 0.2) is 72.0 Å². The summed E-state index contributed by atoms with van der Waals surface area (Å²) < 4.78 is 5.58. The van der Waals surface area contributed by atoms with E-state index in [0.717, 1.165) is 23.1 Å². The van der Waals surface area contributed by atoms with Crippen LogP contribution >= 0.6 is 0 Å². The molecule has 0 aliphatic rings. The van der Waals surface area contributed by atoms with Crippen molar-refractivity contribution in [2.75, 3.05) is 6.61 Å². The molecule has 0 fully saturated rings. The van der Waals surface area contributed by atoms with Crippen LogP contribution in [0, 0.1) is 0 Å². The Labute approximate surface area is 161 Å². The standard InChI is InChI=1S/C23H28O4/c1-2-18(9-6-10-23(26)20-11-13-21(24)14-12-20)15-22(25)17-27-16-19-7-4-3-5-8-19/h3-8,11-14,22-26H,2,10,15-17H2,1H3/t9?,22-,23-/m1/s1. The number of ether oxygens (including phenoxy) is 1. The molecule has 2 aromatic rings. The average molecular weight is 368 g/mol. The zero-order chi connectivity index (χ0) is 19.5. The highest BCUT2D eigenvalue weighted by Gasteiger charge is 2.08. The Balaban J connectivity index is 1.79. The fourth-order valence-electron chi connectivity index (χ4n) is 2.68. The Morgan fingerprint density at radius 3 is 2.44 bits per heavy atom. The summed E-state index contributed by atoms with van der Waals surface area (Å²) in [4.78, 5) is 0. The van der Waals surface area contributed by atoms with E-state index in [0.29, 0.717) is 19.4 Å². The third kappa shape index (κ3) is 7.81. The maximum atomic E-state index is 10.2. The number of aromatic hydroxyl groups is 1. The van der Waals surface area contributed by atoms with Gasteiger partial charge < -0.3 is 20.1 Å². The van der Waals surface area contributed by atoms with Gasteiger partial charge in [-0.2, -0.15) is 0 Å². The molecule has 0 aromatic heterocycles. The lowest BCUT2D eigenvalue weighted by Crippen LogP contribution is -2.15. The molecule has 0 aliphatic heterocycles. The molecular formula is C23H28O4. The first-order valence-electron chi connectivity index (χ1n) is 9.28. The molecule has 2 atom stereocenters. The van der Waals surface area contributed by atoms with Crippen molar-refractivity contribution in [1.29, 1.82) is 0 Å². The number of benzene rings is 2. The lowest BCUT2D eigenvalue weighted by molar-refractivity contribution is 0.0286. The minimum atomic E-state index is -0.643. The van der Waals surface area contributed by atoms with Crippen LogP contribution in [-0.2, 0) is 11.3 Å². The molecule has 4 nitrogen and oxygen atoms in total. The van der Waals surface area contributed by atoms with Gasteiger partial charge >= 0.3 is 0 Å². The van der Waals surface area contributed by atoms with Crippen molar-refractivity contribution < 1.29 is 20.1 Å². The van der Waals surface area contributed by atoms with Crippen LogP contribution in [0.5, 0.6) is 5.75 Å². The molecule has 27 heavy (non-hydrogen) atoms. The molecule has 0 spiro atoms. The van der Waals surface area contributed by atoms with Crippen LogP contribution in [0.1, 0.15) is 43.4 Å². The van der Waals surface area contributed by atoms with Crippen LogP contribution in [0.2, 0.25) is 0 Å². The highest BCUT2D eigenvalue weighted by Crippen LogP contribution is 2.20. The van der Waals surface area contributed by atoms with E-state index in [1.54, 1.807) is 30.3 Å². The van der Waals surface area contributed by atoms with Gasteiger partial charge in [0, 0.05) is 12.8 Å². The Morgan fingerprint density at radius 2 is 1.78 bits per heavy atom. The van der Waals surface area contributed by atoms with E-state index < -0.39 is 12.2 Å². The van der Waals surface area contributed by atoms with Crippen molar-refractivity contribution in [3.63, 3.8) is 0 Å². The number of phenols is 1. The van der Waals surface area contributed by atoms with Gasteiger partial charge in [-0.05, 0) is 41.3 Å². The second-order valence-electron chi connectivity index (χ2n) is 6.51. The van der Waals surface area contributed by atoms with Gasteiger partial charge in [-0.1, -0.05) is 49.4 Å². The zero-order valence-electron chi connectivity index (χ0n) is 15.7. The van der Waals surface area contributed by atoms with Crippen molar-refractivity contribution in [2.45, 2.75) is 45.0 Å².